The summed E-state index contributed by atoms with van der Waals surface area (Å²) in [5.41, 5.74) is 8.35. The number of halogens is 1. The van der Waals surface area contributed by atoms with Crippen LogP contribution in [0.4, 0.5) is 0 Å². The molecular formula is C18H18ClNO3S. The van der Waals surface area contributed by atoms with Crippen LogP contribution in [-0.4, -0.2) is 14.3 Å². The van der Waals surface area contributed by atoms with E-state index >= 15 is 0 Å². The number of carbonyl (C=O) groups is 1. The molecule has 2 aromatic rings. The van der Waals surface area contributed by atoms with Crippen LogP contribution in [0.1, 0.15) is 22.3 Å². The lowest BCUT2D eigenvalue weighted by Crippen LogP contribution is -2.22. The summed E-state index contributed by atoms with van der Waals surface area (Å²) in [4.78, 5) is 11.3. The van der Waals surface area contributed by atoms with Crippen LogP contribution in [0.3, 0.4) is 0 Å². The maximum absolute atomic E-state index is 12.6. The van der Waals surface area contributed by atoms with Crippen molar-refractivity contribution >= 4 is 33.4 Å². The summed E-state index contributed by atoms with van der Waals surface area (Å²) in [7, 11) is -3.87. The van der Waals surface area contributed by atoms with E-state index in [1.165, 1.54) is 6.08 Å². The topological polar surface area (TPSA) is 77.2 Å². The second-order valence-electron chi connectivity index (χ2n) is 5.62. The van der Waals surface area contributed by atoms with Gasteiger partial charge in [-0.1, -0.05) is 47.5 Å². The van der Waals surface area contributed by atoms with E-state index in [9.17, 15) is 13.2 Å². The van der Waals surface area contributed by atoms with E-state index in [1.54, 1.807) is 24.3 Å². The molecular weight excluding hydrogens is 346 g/mol. The highest BCUT2D eigenvalue weighted by atomic mass is 35.5. The molecule has 24 heavy (non-hydrogen) atoms. The Labute approximate surface area is 146 Å². The van der Waals surface area contributed by atoms with Gasteiger partial charge in [0, 0.05) is 5.02 Å². The molecule has 0 aliphatic rings. The van der Waals surface area contributed by atoms with Gasteiger partial charge >= 0.3 is 0 Å². The summed E-state index contributed by atoms with van der Waals surface area (Å²) in [5.74, 6) is -1.28. The standard InChI is InChI=1S/C18H18ClNO3S/c1-12-3-4-13(2)15(9-12)10-17(18(20)21)24(22,23)11-14-5-7-16(19)8-6-14/h3-10H,11H2,1-2H3,(H2,20,21)/b17-10-. The van der Waals surface area contributed by atoms with E-state index in [1.807, 2.05) is 32.0 Å². The first-order valence-electron chi connectivity index (χ1n) is 7.25. The quantitative estimate of drug-likeness (QED) is 0.827. The summed E-state index contributed by atoms with van der Waals surface area (Å²) in [6.07, 6.45) is 1.34. The number of rotatable bonds is 5. The predicted molar refractivity (Wildman–Crippen MR) is 97.2 cm³/mol. The number of amides is 1. The molecule has 0 atom stereocenters. The zero-order valence-corrected chi connectivity index (χ0v) is 15.0. The smallest absolute Gasteiger partial charge is 0.260 e. The molecule has 0 aromatic heterocycles. The summed E-state index contributed by atoms with van der Waals surface area (Å²) >= 11 is 5.80. The fourth-order valence-corrected chi connectivity index (χ4v) is 3.77. The molecule has 0 heterocycles. The van der Waals surface area contributed by atoms with Gasteiger partial charge < -0.3 is 5.73 Å². The van der Waals surface area contributed by atoms with Gasteiger partial charge in [-0.25, -0.2) is 8.42 Å². The third kappa shape index (κ3) is 4.46. The molecule has 0 spiro atoms. The zero-order chi connectivity index (χ0) is 17.9. The third-order valence-corrected chi connectivity index (χ3v) is 5.52. The highest BCUT2D eigenvalue weighted by molar-refractivity contribution is 7.95. The third-order valence-electron chi connectivity index (χ3n) is 3.57. The van der Waals surface area contributed by atoms with E-state index in [2.05, 4.69) is 0 Å². The van der Waals surface area contributed by atoms with Crippen LogP contribution in [0.2, 0.25) is 5.02 Å². The molecule has 2 N–H and O–H groups in total. The second kappa shape index (κ2) is 7.20. The Hall–Kier alpha value is -2.11. The number of benzene rings is 2. The van der Waals surface area contributed by atoms with Crippen LogP contribution in [0, 0.1) is 13.8 Å². The average molecular weight is 364 g/mol. The van der Waals surface area contributed by atoms with Crippen LogP contribution in [0.15, 0.2) is 47.4 Å². The summed E-state index contributed by atoms with van der Waals surface area (Å²) in [6, 6.07) is 12.0. The van der Waals surface area contributed by atoms with Crippen LogP contribution in [0.5, 0.6) is 0 Å². The van der Waals surface area contributed by atoms with Gasteiger partial charge in [0.2, 0.25) is 0 Å². The van der Waals surface area contributed by atoms with E-state index in [4.69, 9.17) is 17.3 Å². The molecule has 0 aliphatic carbocycles. The normalized spacial score (nSPS) is 12.2. The van der Waals surface area contributed by atoms with Crippen molar-refractivity contribution in [3.63, 3.8) is 0 Å². The molecule has 6 heteroatoms. The molecule has 0 radical (unpaired) electrons. The Kier molecular flexibility index (Phi) is 5.47. The molecule has 0 saturated heterocycles. The first kappa shape index (κ1) is 18.2. The minimum atomic E-state index is -3.87. The Morgan fingerprint density at radius 1 is 1.12 bits per heavy atom. The lowest BCUT2D eigenvalue weighted by Gasteiger charge is -2.08. The van der Waals surface area contributed by atoms with Crippen molar-refractivity contribution in [3.8, 4) is 0 Å². The molecule has 2 aromatic carbocycles. The summed E-state index contributed by atoms with van der Waals surface area (Å²) < 4.78 is 25.3. The first-order valence-corrected chi connectivity index (χ1v) is 9.28. The Balaban J connectivity index is 2.45. The van der Waals surface area contributed by atoms with Crippen molar-refractivity contribution in [2.45, 2.75) is 19.6 Å². The fourth-order valence-electron chi connectivity index (χ4n) is 2.25. The SMILES string of the molecule is Cc1ccc(C)c(/C=C(/C(N)=O)S(=O)(=O)Cc2ccc(Cl)cc2)c1. The van der Waals surface area contributed by atoms with Crippen LogP contribution in [0.25, 0.3) is 6.08 Å². The molecule has 0 aliphatic heterocycles. The minimum absolute atomic E-state index is 0.316. The highest BCUT2D eigenvalue weighted by Crippen LogP contribution is 2.21. The number of nitrogens with two attached hydrogens (primary N) is 1. The van der Waals surface area contributed by atoms with E-state index in [0.717, 1.165) is 11.1 Å². The Bertz CT molecular complexity index is 900. The van der Waals surface area contributed by atoms with Crippen LogP contribution >= 0.6 is 11.6 Å². The van der Waals surface area contributed by atoms with Gasteiger partial charge in [0.15, 0.2) is 9.84 Å². The van der Waals surface area contributed by atoms with Crippen LogP contribution < -0.4 is 5.73 Å². The van der Waals surface area contributed by atoms with Crippen LogP contribution in [-0.2, 0) is 20.4 Å². The van der Waals surface area contributed by atoms with Gasteiger partial charge in [0.1, 0.15) is 4.91 Å². The average Bonchev–Trinajstić information content (AvgIpc) is 2.49. The van der Waals surface area contributed by atoms with Gasteiger partial charge in [-0.2, -0.15) is 0 Å². The van der Waals surface area contributed by atoms with Gasteiger partial charge in [-0.3, -0.25) is 4.79 Å². The van der Waals surface area contributed by atoms with Crippen molar-refractivity contribution in [2.24, 2.45) is 5.73 Å². The molecule has 126 valence electrons. The van der Waals surface area contributed by atoms with E-state index < -0.39 is 20.6 Å². The van der Waals surface area contributed by atoms with Crippen molar-refractivity contribution in [2.75, 3.05) is 0 Å². The largest absolute Gasteiger partial charge is 0.365 e. The van der Waals surface area contributed by atoms with Crippen molar-refractivity contribution in [1.29, 1.82) is 0 Å². The second-order valence-corrected chi connectivity index (χ2v) is 8.01. The molecule has 0 bridgehead atoms. The number of aryl methyl sites for hydroxylation is 2. The fraction of sp³-hybridized carbons (Fsp3) is 0.167. The first-order chi connectivity index (χ1) is 11.2. The number of carbonyl (C=O) groups excluding carboxylic acids is 1. The summed E-state index contributed by atoms with van der Waals surface area (Å²) in [5, 5.41) is 0.511. The van der Waals surface area contributed by atoms with Gasteiger partial charge in [0.05, 0.1) is 5.75 Å². The highest BCUT2D eigenvalue weighted by Gasteiger charge is 2.23. The zero-order valence-electron chi connectivity index (χ0n) is 13.4. The number of hydrogen-bond acceptors (Lipinski definition) is 3. The van der Waals surface area contributed by atoms with Gasteiger partial charge in [0.25, 0.3) is 5.91 Å². The maximum atomic E-state index is 12.6. The predicted octanol–water partition coefficient (Wildman–Crippen LogP) is 3.40. The van der Waals surface area contributed by atoms with Crippen molar-refractivity contribution in [3.05, 3.63) is 74.6 Å². The number of hydrogen-bond donors (Lipinski definition) is 1. The van der Waals surface area contributed by atoms with Gasteiger partial charge in [-0.05, 0) is 48.7 Å². The monoisotopic (exact) mass is 363 g/mol. The summed E-state index contributed by atoms with van der Waals surface area (Å²) in [6.45, 7) is 3.73. The number of sulfone groups is 1. The van der Waals surface area contributed by atoms with Crippen molar-refractivity contribution < 1.29 is 13.2 Å². The Morgan fingerprint density at radius 2 is 1.75 bits per heavy atom. The molecule has 0 saturated carbocycles. The lowest BCUT2D eigenvalue weighted by atomic mass is 10.1. The molecule has 0 fully saturated rings. The van der Waals surface area contributed by atoms with Crippen molar-refractivity contribution in [1.82, 2.24) is 0 Å². The Morgan fingerprint density at radius 3 is 2.33 bits per heavy atom. The molecule has 4 nitrogen and oxygen atoms in total. The van der Waals surface area contributed by atoms with E-state index in [-0.39, 0.29) is 5.75 Å². The minimum Gasteiger partial charge on any atom is -0.365 e. The number of primary amides is 1. The molecule has 2 rings (SSSR count). The van der Waals surface area contributed by atoms with Gasteiger partial charge in [-0.15, -0.1) is 0 Å². The molecule has 0 unspecified atom stereocenters. The molecule has 1 amide bonds. The maximum Gasteiger partial charge on any atom is 0.260 e. The van der Waals surface area contributed by atoms with E-state index in [0.29, 0.717) is 16.1 Å². The lowest BCUT2D eigenvalue weighted by molar-refractivity contribution is -0.113.